The molecule has 0 aliphatic rings. The molecule has 0 bridgehead atoms. The number of carbonyl (C=O) groups is 7. The number of amides is 7. The van der Waals surface area contributed by atoms with Crippen LogP contribution in [0.15, 0.2) is 116 Å². The van der Waals surface area contributed by atoms with Crippen LogP contribution in [0.25, 0.3) is 32.7 Å². The van der Waals surface area contributed by atoms with Gasteiger partial charge in [-0.05, 0) is 91.7 Å². The van der Waals surface area contributed by atoms with Crippen molar-refractivity contribution in [2.24, 2.45) is 5.73 Å². The van der Waals surface area contributed by atoms with Crippen LogP contribution in [0.4, 0.5) is 0 Å². The molecule has 4 aromatic heterocycles. The molecule has 0 saturated carbocycles. The third-order valence-electron chi connectivity index (χ3n) is 14.0. The lowest BCUT2D eigenvalue weighted by atomic mass is 10.1. The van der Waals surface area contributed by atoms with Crippen LogP contribution in [0.1, 0.15) is 42.0 Å². The minimum atomic E-state index is -0.536. The third kappa shape index (κ3) is 17.0. The molecular weight excluding hydrogens is 1030 g/mol. The van der Waals surface area contributed by atoms with Gasteiger partial charge in [-0.1, -0.05) is 67.6 Å². The first-order valence-electron chi connectivity index (χ1n) is 27.3. The number of carbonyl (C=O) groups excluding carboxylic acids is 7. The van der Waals surface area contributed by atoms with Crippen molar-refractivity contribution in [3.63, 3.8) is 0 Å². The van der Waals surface area contributed by atoms with Crippen LogP contribution in [0.3, 0.4) is 0 Å². The fourth-order valence-electron chi connectivity index (χ4n) is 9.59. The lowest BCUT2D eigenvalue weighted by Gasteiger charge is -2.31. The van der Waals surface area contributed by atoms with Gasteiger partial charge in [0.25, 0.3) is 0 Å². The Labute approximate surface area is 472 Å². The van der Waals surface area contributed by atoms with E-state index in [2.05, 4.69) is 43.2 Å². The summed E-state index contributed by atoms with van der Waals surface area (Å²) in [6.45, 7) is 1.76. The number of benzene rings is 3. The fourth-order valence-corrected chi connectivity index (χ4v) is 9.70. The molecule has 0 saturated heterocycles. The predicted octanol–water partition coefficient (Wildman–Crippen LogP) is 3.75. The first kappa shape index (κ1) is 59.6. The maximum Gasteiger partial charge on any atom is 0.242 e. The second-order valence-electron chi connectivity index (χ2n) is 19.8. The smallest absolute Gasteiger partial charge is 0.242 e. The molecule has 7 rings (SSSR count). The summed E-state index contributed by atoms with van der Waals surface area (Å²) in [5, 5.41) is 8.84. The molecule has 0 spiro atoms. The number of nitrogens with one attached hydrogen (secondary N) is 5. The molecule has 4 heterocycles. The van der Waals surface area contributed by atoms with Crippen LogP contribution < -0.4 is 16.4 Å². The van der Waals surface area contributed by atoms with Gasteiger partial charge in [0.15, 0.2) is 0 Å². The Morgan fingerprint density at radius 2 is 1.01 bits per heavy atom. The van der Waals surface area contributed by atoms with Crippen molar-refractivity contribution in [1.29, 1.82) is 0 Å². The molecule has 80 heavy (non-hydrogen) atoms. The average molecular weight is 1110 g/mol. The maximum atomic E-state index is 14.7. The summed E-state index contributed by atoms with van der Waals surface area (Å²) in [5.41, 5.74) is 12.0. The zero-order chi connectivity index (χ0) is 56.8. The molecule has 0 aliphatic carbocycles. The van der Waals surface area contributed by atoms with E-state index in [1.807, 2.05) is 104 Å². The molecule has 0 radical (unpaired) electrons. The highest BCUT2D eigenvalue weighted by Gasteiger charge is 2.29. The second-order valence-corrected chi connectivity index (χ2v) is 20.3. The van der Waals surface area contributed by atoms with E-state index in [1.54, 1.807) is 18.5 Å². The quantitative estimate of drug-likeness (QED) is 0.0238. The van der Waals surface area contributed by atoms with Crippen molar-refractivity contribution in [1.82, 2.24) is 60.0 Å². The standard InChI is InChI=1S/C59H75N13O7S/c1-3-26-68(40-58(78)69(37-53(73)63-25-30-80)27-19-44-32-64-50-16-7-4-13-47(44)50)57(77)41-71(29-21-46-34-66-52-18-9-6-15-49(46)52)56(76)38-67(2)55(75)39-70(28-20-45-33-65-51-17-8-5-14-48(45)51)59(79)42-72(36-43-12-10-23-61-31-43)54(74)35-62-24-11-22-60/h4-10,12-18,23,31-34,62,64-66,80H,3,11,19-22,24-30,35-42,60H2,1-2H3,(H,63,73). The zero-order valence-electron chi connectivity index (χ0n) is 45.8. The summed E-state index contributed by atoms with van der Waals surface area (Å²) in [7, 11) is 1.48. The Morgan fingerprint density at radius 3 is 1.49 bits per heavy atom. The number of thiol groups is 1. The number of aromatic amines is 3. The number of pyridine rings is 1. The van der Waals surface area contributed by atoms with Crippen LogP contribution in [0.5, 0.6) is 0 Å². The van der Waals surface area contributed by atoms with E-state index < -0.39 is 49.2 Å². The van der Waals surface area contributed by atoms with Gasteiger partial charge in [-0.2, -0.15) is 12.6 Å². The van der Waals surface area contributed by atoms with Crippen LogP contribution in [0, 0.1) is 0 Å². The molecule has 0 aliphatic heterocycles. The molecular formula is C59H75N13O7S. The van der Waals surface area contributed by atoms with E-state index in [9.17, 15) is 33.6 Å². The second kappa shape index (κ2) is 30.4. The summed E-state index contributed by atoms with van der Waals surface area (Å²) in [6.07, 6.45) is 11.3. The summed E-state index contributed by atoms with van der Waals surface area (Å²) < 4.78 is 0. The van der Waals surface area contributed by atoms with Gasteiger partial charge in [0.2, 0.25) is 41.4 Å². The van der Waals surface area contributed by atoms with Gasteiger partial charge >= 0.3 is 0 Å². The minimum Gasteiger partial charge on any atom is -0.361 e. The van der Waals surface area contributed by atoms with Gasteiger partial charge in [-0.25, -0.2) is 0 Å². The van der Waals surface area contributed by atoms with Crippen LogP contribution >= 0.6 is 12.6 Å². The molecule has 21 heteroatoms. The van der Waals surface area contributed by atoms with Crippen molar-refractivity contribution in [2.75, 3.05) is 104 Å². The van der Waals surface area contributed by atoms with Crippen LogP contribution in [-0.4, -0.2) is 195 Å². The third-order valence-corrected chi connectivity index (χ3v) is 14.3. The number of para-hydroxylation sites is 3. The number of H-pyrrole nitrogens is 3. The van der Waals surface area contributed by atoms with E-state index in [0.717, 1.165) is 55.0 Å². The SMILES string of the molecule is CCCN(CC(=O)N(CCc1c[nH]c2ccccc12)CC(=O)NCCS)C(=O)CN(CCc1c[nH]c2ccccc12)C(=O)CN(C)C(=O)CN(CCc1c[nH]c2ccccc12)C(=O)CN(Cc1cccnc1)C(=O)CNCCCN. The molecule has 424 valence electrons. The summed E-state index contributed by atoms with van der Waals surface area (Å²) in [5.74, 6) is -2.69. The van der Waals surface area contributed by atoms with Crippen LogP contribution in [0.2, 0.25) is 0 Å². The molecule has 7 amide bonds. The number of hydrogen-bond acceptors (Lipinski definition) is 11. The Hall–Kier alpha value is -8.01. The molecule has 0 atom stereocenters. The van der Waals surface area contributed by atoms with Crippen molar-refractivity contribution in [3.8, 4) is 0 Å². The number of rotatable bonds is 32. The first-order chi connectivity index (χ1) is 38.8. The van der Waals surface area contributed by atoms with E-state index in [4.69, 9.17) is 5.73 Å². The molecule has 7 aromatic rings. The van der Waals surface area contributed by atoms with Crippen LogP contribution in [-0.2, 0) is 59.4 Å². The number of likely N-dealkylation sites (N-methyl/N-ethyl adjacent to an activating group) is 1. The lowest BCUT2D eigenvalue weighted by molar-refractivity contribution is -0.147. The normalized spacial score (nSPS) is 11.2. The van der Waals surface area contributed by atoms with E-state index in [0.29, 0.717) is 57.5 Å². The maximum absolute atomic E-state index is 14.7. The predicted molar refractivity (Wildman–Crippen MR) is 313 cm³/mol. The van der Waals surface area contributed by atoms with E-state index in [1.165, 1.54) is 36.4 Å². The van der Waals surface area contributed by atoms with Crippen molar-refractivity contribution in [3.05, 3.63) is 138 Å². The number of aromatic nitrogens is 4. The monoisotopic (exact) mass is 1110 g/mol. The van der Waals surface area contributed by atoms with Crippen molar-refractivity contribution < 1.29 is 33.6 Å². The summed E-state index contributed by atoms with van der Waals surface area (Å²) in [6, 6.07) is 27.0. The molecule has 0 unspecified atom stereocenters. The van der Waals surface area contributed by atoms with Gasteiger partial charge in [0.05, 0.1) is 39.3 Å². The molecule has 0 fully saturated rings. The average Bonchev–Trinajstić information content (AvgIpc) is 4.22. The number of hydrogen-bond donors (Lipinski definition) is 7. The van der Waals surface area contributed by atoms with E-state index >= 15 is 0 Å². The Morgan fingerprint density at radius 1 is 0.550 bits per heavy atom. The highest BCUT2D eigenvalue weighted by Crippen LogP contribution is 2.22. The van der Waals surface area contributed by atoms with Crippen molar-refractivity contribution >= 4 is 86.7 Å². The highest BCUT2D eigenvalue weighted by molar-refractivity contribution is 7.80. The van der Waals surface area contributed by atoms with Gasteiger partial charge < -0.3 is 60.7 Å². The number of nitrogens with zero attached hydrogens (tertiary/aromatic N) is 7. The summed E-state index contributed by atoms with van der Waals surface area (Å²) in [4.78, 5) is 122. The lowest BCUT2D eigenvalue weighted by Crippen LogP contribution is -2.52. The molecule has 3 aromatic carbocycles. The largest absolute Gasteiger partial charge is 0.361 e. The van der Waals surface area contributed by atoms with Crippen molar-refractivity contribution in [2.45, 2.75) is 45.6 Å². The fraction of sp³-hybridized carbons (Fsp3) is 0.390. The Bertz CT molecular complexity index is 3180. The number of nitrogens with two attached hydrogens (primary N) is 1. The van der Waals surface area contributed by atoms with Gasteiger partial charge in [-0.15, -0.1) is 0 Å². The molecule has 20 nitrogen and oxygen atoms in total. The summed E-state index contributed by atoms with van der Waals surface area (Å²) >= 11 is 4.22. The topological polar surface area (TPSA) is 249 Å². The van der Waals surface area contributed by atoms with E-state index in [-0.39, 0.29) is 70.7 Å². The number of fused-ring (bicyclic) bond motifs is 3. The Balaban J connectivity index is 1.08. The first-order valence-corrected chi connectivity index (χ1v) is 27.9. The Kier molecular flexibility index (Phi) is 22.7. The zero-order valence-corrected chi connectivity index (χ0v) is 46.7. The van der Waals surface area contributed by atoms with Gasteiger partial charge in [-0.3, -0.25) is 38.5 Å². The van der Waals surface area contributed by atoms with Gasteiger partial charge in [0, 0.05) is 116 Å². The minimum absolute atomic E-state index is 0.0286. The van der Waals surface area contributed by atoms with Gasteiger partial charge in [0.1, 0.15) is 6.54 Å². The highest BCUT2D eigenvalue weighted by atomic mass is 32.1. The molecule has 7 N–H and O–H groups in total.